The van der Waals surface area contributed by atoms with Crippen LogP contribution in [0.5, 0.6) is 0 Å². The Morgan fingerprint density at radius 3 is 2.21 bits per heavy atom. The van der Waals surface area contributed by atoms with E-state index in [0.717, 1.165) is 37.1 Å². The van der Waals surface area contributed by atoms with Gasteiger partial charge in [0, 0.05) is 32.1 Å². The van der Waals surface area contributed by atoms with Crippen molar-refractivity contribution in [2.45, 2.75) is 44.4 Å². The lowest BCUT2D eigenvalue weighted by molar-refractivity contribution is -0.135. The topological polar surface area (TPSA) is 57.7 Å². The fourth-order valence-corrected chi connectivity index (χ4v) is 5.12. The average Bonchev–Trinajstić information content (AvgIpc) is 3.11. The third-order valence-corrected chi connectivity index (χ3v) is 7.23. The van der Waals surface area contributed by atoms with Crippen LogP contribution in [0.4, 0.5) is 0 Å². The highest BCUT2D eigenvalue weighted by Crippen LogP contribution is 2.27. The summed E-state index contributed by atoms with van der Waals surface area (Å²) in [6.07, 6.45) is 3.43. The van der Waals surface area contributed by atoms with Crippen LogP contribution in [-0.2, 0) is 14.8 Å². The zero-order valence-electron chi connectivity index (χ0n) is 14.5. The fourth-order valence-electron chi connectivity index (χ4n) is 3.56. The SMILES string of the molecule is Cc1ccc(S(=O)(=O)N2CCC(C(=O)N3CCCC3)CC2)cc1C. The highest BCUT2D eigenvalue weighted by molar-refractivity contribution is 7.89. The number of amides is 1. The molecule has 1 amide bonds. The van der Waals surface area contributed by atoms with Crippen molar-refractivity contribution in [1.29, 1.82) is 0 Å². The van der Waals surface area contributed by atoms with Crippen molar-refractivity contribution >= 4 is 15.9 Å². The van der Waals surface area contributed by atoms with Gasteiger partial charge in [0.25, 0.3) is 0 Å². The summed E-state index contributed by atoms with van der Waals surface area (Å²) in [7, 11) is -3.46. The number of nitrogens with zero attached hydrogens (tertiary/aromatic N) is 2. The molecular weight excluding hydrogens is 324 g/mol. The first-order chi connectivity index (χ1) is 11.4. The maximum atomic E-state index is 12.8. The lowest BCUT2D eigenvalue weighted by Crippen LogP contribution is -2.43. The summed E-state index contributed by atoms with van der Waals surface area (Å²) < 4.78 is 27.2. The summed E-state index contributed by atoms with van der Waals surface area (Å²) in [5.74, 6) is 0.199. The van der Waals surface area contributed by atoms with Crippen LogP contribution in [0.15, 0.2) is 23.1 Å². The number of benzene rings is 1. The molecule has 0 bridgehead atoms. The van der Waals surface area contributed by atoms with E-state index in [2.05, 4.69) is 0 Å². The largest absolute Gasteiger partial charge is 0.342 e. The Morgan fingerprint density at radius 2 is 1.62 bits per heavy atom. The van der Waals surface area contributed by atoms with E-state index in [0.29, 0.717) is 30.8 Å². The molecule has 0 N–H and O–H groups in total. The molecule has 0 unspecified atom stereocenters. The molecule has 2 fully saturated rings. The number of carbonyl (C=O) groups excluding carboxylic acids is 1. The summed E-state index contributed by atoms with van der Waals surface area (Å²) in [4.78, 5) is 14.8. The maximum absolute atomic E-state index is 12.8. The first-order valence-corrected chi connectivity index (χ1v) is 10.2. The van der Waals surface area contributed by atoms with Gasteiger partial charge < -0.3 is 4.90 Å². The van der Waals surface area contributed by atoms with Crippen molar-refractivity contribution in [2.24, 2.45) is 5.92 Å². The number of likely N-dealkylation sites (tertiary alicyclic amines) is 1. The van der Waals surface area contributed by atoms with Gasteiger partial charge in [-0.3, -0.25) is 4.79 Å². The lowest BCUT2D eigenvalue weighted by Gasteiger charge is -2.32. The third-order valence-electron chi connectivity index (χ3n) is 5.34. The van der Waals surface area contributed by atoms with Gasteiger partial charge >= 0.3 is 0 Å². The molecule has 2 heterocycles. The molecule has 2 aliphatic heterocycles. The van der Waals surface area contributed by atoms with Crippen molar-refractivity contribution in [3.8, 4) is 0 Å². The molecule has 2 saturated heterocycles. The minimum atomic E-state index is -3.46. The number of aryl methyl sites for hydroxylation is 2. The Labute approximate surface area is 144 Å². The number of hydrogen-bond acceptors (Lipinski definition) is 3. The molecule has 2 aliphatic rings. The van der Waals surface area contributed by atoms with Gasteiger partial charge in [-0.2, -0.15) is 4.31 Å². The second kappa shape index (κ2) is 6.84. The van der Waals surface area contributed by atoms with Gasteiger partial charge in [0.2, 0.25) is 15.9 Å². The van der Waals surface area contributed by atoms with Gasteiger partial charge in [-0.25, -0.2) is 8.42 Å². The highest BCUT2D eigenvalue weighted by Gasteiger charge is 2.34. The summed E-state index contributed by atoms with van der Waals surface area (Å²) in [5, 5.41) is 0. The molecule has 5 nitrogen and oxygen atoms in total. The van der Waals surface area contributed by atoms with Gasteiger partial charge in [0.1, 0.15) is 0 Å². The van der Waals surface area contributed by atoms with Crippen molar-refractivity contribution < 1.29 is 13.2 Å². The Balaban J connectivity index is 1.67. The standard InChI is InChI=1S/C18H26N2O3S/c1-14-5-6-17(13-15(14)2)24(22,23)20-11-7-16(8-12-20)18(21)19-9-3-4-10-19/h5-6,13,16H,3-4,7-12H2,1-2H3. The van der Waals surface area contributed by atoms with Crippen LogP contribution in [0.1, 0.15) is 36.8 Å². The molecule has 0 aromatic heterocycles. The van der Waals surface area contributed by atoms with Gasteiger partial charge in [-0.15, -0.1) is 0 Å². The second-order valence-corrected chi connectivity index (χ2v) is 8.89. The Kier molecular flexibility index (Phi) is 4.97. The zero-order valence-corrected chi connectivity index (χ0v) is 15.3. The molecule has 132 valence electrons. The molecule has 0 atom stereocenters. The molecule has 1 aromatic rings. The van der Waals surface area contributed by atoms with Gasteiger partial charge in [0.15, 0.2) is 0 Å². The Bertz CT molecular complexity index is 716. The number of rotatable bonds is 3. The van der Waals surface area contributed by atoms with Crippen LogP contribution in [-0.4, -0.2) is 49.7 Å². The zero-order chi connectivity index (χ0) is 17.3. The first kappa shape index (κ1) is 17.4. The molecule has 6 heteroatoms. The Hall–Kier alpha value is -1.40. The summed E-state index contributed by atoms with van der Waals surface area (Å²) in [6, 6.07) is 5.27. The maximum Gasteiger partial charge on any atom is 0.243 e. The molecule has 0 aliphatic carbocycles. The van der Waals surface area contributed by atoms with E-state index in [-0.39, 0.29) is 11.8 Å². The van der Waals surface area contributed by atoms with Crippen LogP contribution in [0.25, 0.3) is 0 Å². The number of sulfonamides is 1. The number of carbonyl (C=O) groups is 1. The number of hydrogen-bond donors (Lipinski definition) is 0. The lowest BCUT2D eigenvalue weighted by atomic mass is 9.97. The summed E-state index contributed by atoms with van der Waals surface area (Å²) >= 11 is 0. The van der Waals surface area contributed by atoms with E-state index >= 15 is 0 Å². The van der Waals surface area contributed by atoms with E-state index in [9.17, 15) is 13.2 Å². The predicted molar refractivity (Wildman–Crippen MR) is 93.2 cm³/mol. The van der Waals surface area contributed by atoms with Crippen molar-refractivity contribution in [3.05, 3.63) is 29.3 Å². The molecule has 0 radical (unpaired) electrons. The van der Waals surface area contributed by atoms with E-state index in [1.165, 1.54) is 4.31 Å². The van der Waals surface area contributed by atoms with Gasteiger partial charge in [-0.05, 0) is 62.8 Å². The van der Waals surface area contributed by atoms with Crippen LogP contribution in [0.2, 0.25) is 0 Å². The molecule has 1 aromatic carbocycles. The smallest absolute Gasteiger partial charge is 0.243 e. The van der Waals surface area contributed by atoms with Crippen LogP contribution >= 0.6 is 0 Å². The van der Waals surface area contributed by atoms with Crippen LogP contribution < -0.4 is 0 Å². The van der Waals surface area contributed by atoms with Gasteiger partial charge in [-0.1, -0.05) is 6.07 Å². The van der Waals surface area contributed by atoms with Crippen LogP contribution in [0, 0.1) is 19.8 Å². The highest BCUT2D eigenvalue weighted by atomic mass is 32.2. The minimum Gasteiger partial charge on any atom is -0.342 e. The van der Waals surface area contributed by atoms with Crippen molar-refractivity contribution in [3.63, 3.8) is 0 Å². The monoisotopic (exact) mass is 350 g/mol. The van der Waals surface area contributed by atoms with E-state index in [4.69, 9.17) is 0 Å². The van der Waals surface area contributed by atoms with Crippen molar-refractivity contribution in [1.82, 2.24) is 9.21 Å². The molecule has 0 spiro atoms. The van der Waals surface area contributed by atoms with Gasteiger partial charge in [0.05, 0.1) is 4.90 Å². The van der Waals surface area contributed by atoms with E-state index in [1.807, 2.05) is 24.8 Å². The fraction of sp³-hybridized carbons (Fsp3) is 0.611. The molecule has 24 heavy (non-hydrogen) atoms. The molecule has 3 rings (SSSR count). The summed E-state index contributed by atoms with van der Waals surface area (Å²) in [5.41, 5.74) is 2.07. The second-order valence-electron chi connectivity index (χ2n) is 6.96. The third kappa shape index (κ3) is 3.35. The minimum absolute atomic E-state index is 0.0192. The average molecular weight is 350 g/mol. The van der Waals surface area contributed by atoms with Crippen LogP contribution in [0.3, 0.4) is 0 Å². The Morgan fingerprint density at radius 1 is 1.00 bits per heavy atom. The normalized spacial score (nSPS) is 20.5. The predicted octanol–water partition coefficient (Wildman–Crippen LogP) is 2.33. The number of piperidine rings is 1. The summed E-state index contributed by atoms with van der Waals surface area (Å²) in [6.45, 7) is 6.48. The first-order valence-electron chi connectivity index (χ1n) is 8.76. The van der Waals surface area contributed by atoms with E-state index in [1.54, 1.807) is 12.1 Å². The van der Waals surface area contributed by atoms with E-state index < -0.39 is 10.0 Å². The van der Waals surface area contributed by atoms with Crippen molar-refractivity contribution in [2.75, 3.05) is 26.2 Å². The molecular formula is C18H26N2O3S. The quantitative estimate of drug-likeness (QED) is 0.841. The molecule has 0 saturated carbocycles.